The maximum Gasteiger partial charge on any atom is 0.330 e. The molecule has 2 aliphatic heterocycles. The summed E-state index contributed by atoms with van der Waals surface area (Å²) < 4.78 is 29.5. The van der Waals surface area contributed by atoms with E-state index in [1.165, 1.54) is 36.4 Å². The Labute approximate surface area is 323 Å². The van der Waals surface area contributed by atoms with Gasteiger partial charge in [0.25, 0.3) is 0 Å². The third kappa shape index (κ3) is 9.21. The summed E-state index contributed by atoms with van der Waals surface area (Å²) in [6, 6.07) is 27.1. The number of aromatic nitrogens is 4. The highest BCUT2D eigenvalue weighted by molar-refractivity contribution is 5.96. The Bertz CT molecular complexity index is 2440. The lowest BCUT2D eigenvalue weighted by molar-refractivity contribution is 0.0964. The molecule has 0 saturated carbocycles. The van der Waals surface area contributed by atoms with Crippen molar-refractivity contribution in [3.8, 4) is 0 Å². The van der Waals surface area contributed by atoms with Crippen LogP contribution < -0.4 is 11.4 Å². The molecule has 0 amide bonds. The molecule has 2 aromatic heterocycles. The minimum atomic E-state index is -0.332. The molecule has 290 valence electrons. The number of benzene rings is 4. The van der Waals surface area contributed by atoms with Crippen molar-refractivity contribution in [2.24, 2.45) is 0 Å². The van der Waals surface area contributed by atoms with E-state index in [1.807, 2.05) is 53.1 Å². The SMILES string of the molecule is O=C(CCCN1CC=C(n2c(=O)[nH]c3ccccc32)CC1)c1ccc(F)cc1.O=C(CCCN1CCC(n2c(=O)[nH]c3ccccc32)CC1)c1ccc(F)cc1. The molecule has 4 heterocycles. The van der Waals surface area contributed by atoms with Gasteiger partial charge >= 0.3 is 11.4 Å². The van der Waals surface area contributed by atoms with E-state index in [1.54, 1.807) is 16.7 Å². The largest absolute Gasteiger partial charge is 0.330 e. The van der Waals surface area contributed by atoms with Gasteiger partial charge < -0.3 is 14.9 Å². The van der Waals surface area contributed by atoms with E-state index in [9.17, 15) is 28.0 Å². The normalized spacial score (nSPS) is 15.4. The van der Waals surface area contributed by atoms with Crippen LogP contribution in [0.15, 0.2) is 113 Å². The first-order chi connectivity index (χ1) is 27.2. The van der Waals surface area contributed by atoms with Crippen molar-refractivity contribution in [2.75, 3.05) is 39.3 Å². The lowest BCUT2D eigenvalue weighted by Crippen LogP contribution is -2.37. The van der Waals surface area contributed by atoms with E-state index in [4.69, 9.17) is 0 Å². The highest BCUT2D eigenvalue weighted by atomic mass is 19.1. The number of piperidine rings is 1. The lowest BCUT2D eigenvalue weighted by atomic mass is 10.0. The number of hydrogen-bond acceptors (Lipinski definition) is 6. The molecule has 56 heavy (non-hydrogen) atoms. The molecule has 2 N–H and O–H groups in total. The van der Waals surface area contributed by atoms with Crippen molar-refractivity contribution in [3.05, 3.63) is 147 Å². The van der Waals surface area contributed by atoms with E-state index in [-0.39, 0.29) is 40.6 Å². The number of nitrogens with one attached hydrogen (secondary N) is 2. The van der Waals surface area contributed by atoms with Crippen LogP contribution in [0.4, 0.5) is 8.78 Å². The molecule has 4 aromatic carbocycles. The van der Waals surface area contributed by atoms with Crippen LogP contribution >= 0.6 is 0 Å². The zero-order chi connectivity index (χ0) is 39.0. The minimum absolute atomic E-state index is 0.0375. The van der Waals surface area contributed by atoms with Gasteiger partial charge in [-0.25, -0.2) is 18.4 Å². The molecule has 0 atom stereocenters. The Morgan fingerprint density at radius 1 is 0.625 bits per heavy atom. The summed E-state index contributed by atoms with van der Waals surface area (Å²) in [6.45, 7) is 5.12. The quantitative estimate of drug-likeness (QED) is 0.125. The number of nitrogens with zero attached hydrogens (tertiary/aromatic N) is 4. The number of H-pyrrole nitrogens is 2. The standard InChI is InChI=1S/C22H24FN3O2.C22H22FN3O2/c2*23-17-9-7-16(8-10-17)21(27)6-3-13-25-14-11-18(12-15-25)26-20-5-2-1-4-19(20)24-22(26)28/h1-2,4-5,7-10,18H,3,6,11-15H2,(H,24,28);1-2,4-5,7-11H,3,6,12-15H2,(H,24,28). The summed E-state index contributed by atoms with van der Waals surface area (Å²) in [7, 11) is 0. The lowest BCUT2D eigenvalue weighted by Gasteiger charge is -2.32. The molecule has 1 saturated heterocycles. The van der Waals surface area contributed by atoms with Crippen molar-refractivity contribution in [2.45, 2.75) is 51.0 Å². The predicted octanol–water partition coefficient (Wildman–Crippen LogP) is 7.45. The van der Waals surface area contributed by atoms with Gasteiger partial charge in [-0.05, 0) is 112 Å². The fourth-order valence-electron chi connectivity index (χ4n) is 7.77. The smallest absolute Gasteiger partial charge is 0.306 e. The first-order valence-corrected chi connectivity index (χ1v) is 19.3. The van der Waals surface area contributed by atoms with Gasteiger partial charge in [0.05, 0.1) is 22.1 Å². The average molecular weight is 761 g/mol. The summed E-state index contributed by atoms with van der Waals surface area (Å²) >= 11 is 0. The topological polar surface area (TPSA) is 116 Å². The molecule has 1 fully saturated rings. The number of para-hydroxylation sites is 4. The summed E-state index contributed by atoms with van der Waals surface area (Å²) in [5.74, 6) is -0.561. The van der Waals surface area contributed by atoms with Gasteiger partial charge in [-0.1, -0.05) is 30.3 Å². The Morgan fingerprint density at radius 3 is 1.71 bits per heavy atom. The zero-order valence-corrected chi connectivity index (χ0v) is 31.3. The van der Waals surface area contributed by atoms with E-state index < -0.39 is 0 Å². The van der Waals surface area contributed by atoms with Crippen LogP contribution in [0.1, 0.15) is 71.7 Å². The minimum Gasteiger partial charge on any atom is -0.306 e. The Kier molecular flexibility index (Phi) is 12.3. The molecule has 8 rings (SSSR count). The average Bonchev–Trinajstić information content (AvgIpc) is 3.74. The van der Waals surface area contributed by atoms with Crippen molar-refractivity contribution in [3.63, 3.8) is 0 Å². The second-order valence-electron chi connectivity index (χ2n) is 14.5. The molecule has 0 bridgehead atoms. The molecule has 2 aliphatic rings. The van der Waals surface area contributed by atoms with Crippen LogP contribution in [0, 0.1) is 11.6 Å². The molecule has 12 heteroatoms. The maximum absolute atomic E-state index is 12.9. The molecule has 6 aromatic rings. The van der Waals surface area contributed by atoms with Gasteiger partial charge in [-0.3, -0.25) is 23.6 Å². The van der Waals surface area contributed by atoms with E-state index in [2.05, 4.69) is 25.8 Å². The third-order valence-electron chi connectivity index (χ3n) is 10.8. The van der Waals surface area contributed by atoms with Crippen molar-refractivity contribution in [1.82, 2.24) is 28.9 Å². The summed E-state index contributed by atoms with van der Waals surface area (Å²) in [5.41, 5.74) is 5.59. The van der Waals surface area contributed by atoms with Gasteiger partial charge in [-0.15, -0.1) is 0 Å². The molecule has 0 aliphatic carbocycles. The number of Topliss-reactive ketones (excluding diaryl/α,β-unsaturated/α-hetero) is 2. The number of fused-ring (bicyclic) bond motifs is 2. The number of imidazole rings is 2. The Morgan fingerprint density at radius 2 is 1.14 bits per heavy atom. The van der Waals surface area contributed by atoms with Crippen molar-refractivity contribution >= 4 is 39.3 Å². The van der Waals surface area contributed by atoms with Gasteiger partial charge in [0, 0.05) is 68.3 Å². The molecular weight excluding hydrogens is 715 g/mol. The first-order valence-electron chi connectivity index (χ1n) is 19.3. The second-order valence-corrected chi connectivity index (χ2v) is 14.5. The Hall–Kier alpha value is -5.72. The van der Waals surface area contributed by atoms with Crippen LogP contribution in [0.5, 0.6) is 0 Å². The zero-order valence-electron chi connectivity index (χ0n) is 31.3. The molecule has 10 nitrogen and oxygen atoms in total. The van der Waals surface area contributed by atoms with Crippen LogP contribution in [0.2, 0.25) is 0 Å². The summed E-state index contributed by atoms with van der Waals surface area (Å²) in [6.07, 6.45) is 7.18. The highest BCUT2D eigenvalue weighted by Crippen LogP contribution is 2.25. The highest BCUT2D eigenvalue weighted by Gasteiger charge is 2.23. The number of rotatable bonds is 12. The van der Waals surface area contributed by atoms with Gasteiger partial charge in [-0.2, -0.15) is 0 Å². The van der Waals surface area contributed by atoms with Crippen LogP contribution in [-0.2, 0) is 0 Å². The van der Waals surface area contributed by atoms with Gasteiger partial charge in [0.2, 0.25) is 0 Å². The van der Waals surface area contributed by atoms with E-state index >= 15 is 0 Å². The first kappa shape index (κ1) is 38.6. The number of carbonyl (C=O) groups excluding carboxylic acids is 2. The van der Waals surface area contributed by atoms with Crippen LogP contribution in [0.25, 0.3) is 27.8 Å². The summed E-state index contributed by atoms with van der Waals surface area (Å²) in [4.78, 5) is 59.5. The molecule has 0 spiro atoms. The maximum atomic E-state index is 12.9. The Balaban J connectivity index is 0.000000172. The molecule has 0 radical (unpaired) electrons. The number of halogens is 2. The predicted molar refractivity (Wildman–Crippen MR) is 215 cm³/mol. The number of ketones is 2. The van der Waals surface area contributed by atoms with Gasteiger partial charge in [0.1, 0.15) is 11.6 Å². The number of hydrogen-bond donors (Lipinski definition) is 2. The van der Waals surface area contributed by atoms with Crippen molar-refractivity contribution < 1.29 is 18.4 Å². The summed E-state index contributed by atoms with van der Waals surface area (Å²) in [5, 5.41) is 0. The molecular formula is C44H46F2N6O4. The van der Waals surface area contributed by atoms with Gasteiger partial charge in [0.15, 0.2) is 11.6 Å². The van der Waals surface area contributed by atoms with Crippen LogP contribution in [-0.4, -0.2) is 79.7 Å². The van der Waals surface area contributed by atoms with E-state index in [0.29, 0.717) is 24.0 Å². The molecule has 0 unspecified atom stereocenters. The third-order valence-corrected chi connectivity index (χ3v) is 10.8. The fraction of sp³-hybridized carbons (Fsp3) is 0.318. The number of likely N-dealkylation sites (tertiary alicyclic amines) is 1. The monoisotopic (exact) mass is 760 g/mol. The van der Waals surface area contributed by atoms with Crippen LogP contribution in [0.3, 0.4) is 0 Å². The van der Waals surface area contributed by atoms with E-state index in [0.717, 1.165) is 99.1 Å². The second kappa shape index (κ2) is 17.8. The van der Waals surface area contributed by atoms with Crippen molar-refractivity contribution in [1.29, 1.82) is 0 Å². The number of carbonyl (C=O) groups is 2. The fourth-order valence-corrected chi connectivity index (χ4v) is 7.77. The number of aromatic amines is 2.